The number of hydrogen-bond donors (Lipinski definition) is 0. The van der Waals surface area contributed by atoms with Gasteiger partial charge in [0.2, 0.25) is 0 Å². The van der Waals surface area contributed by atoms with E-state index >= 15 is 0 Å². The molecule has 1 aromatic carbocycles. The molecule has 7 heteroatoms. The number of para-hydroxylation sites is 1. The zero-order valence-corrected chi connectivity index (χ0v) is 18.3. The molecule has 0 N–H and O–H groups in total. The smallest absolute Gasteiger partial charge is 0.257 e. The summed E-state index contributed by atoms with van der Waals surface area (Å²) in [6, 6.07) is 14.0. The van der Waals surface area contributed by atoms with Crippen LogP contribution in [0.4, 0.5) is 0 Å². The van der Waals surface area contributed by atoms with Crippen molar-refractivity contribution < 1.29 is 4.79 Å². The fourth-order valence-corrected chi connectivity index (χ4v) is 6.23. The number of carbonyl (C=O) groups excluding carboxylic acids is 1. The first-order valence-corrected chi connectivity index (χ1v) is 11.9. The van der Waals surface area contributed by atoms with Crippen LogP contribution < -0.4 is 0 Å². The molecule has 0 spiro atoms. The van der Waals surface area contributed by atoms with Gasteiger partial charge in [-0.1, -0.05) is 18.2 Å². The van der Waals surface area contributed by atoms with Crippen molar-refractivity contribution in [2.75, 3.05) is 12.8 Å². The second kappa shape index (κ2) is 8.16. The van der Waals surface area contributed by atoms with Gasteiger partial charge in [-0.25, -0.2) is 4.68 Å². The Bertz CT molecular complexity index is 1160. The Labute approximate surface area is 183 Å². The lowest BCUT2D eigenvalue weighted by Crippen LogP contribution is -2.27. The molecule has 0 saturated carbocycles. The van der Waals surface area contributed by atoms with E-state index in [9.17, 15) is 4.79 Å². The lowest BCUT2D eigenvalue weighted by Gasteiger charge is -2.19. The zero-order valence-electron chi connectivity index (χ0n) is 16.7. The van der Waals surface area contributed by atoms with Crippen LogP contribution in [-0.4, -0.2) is 38.0 Å². The summed E-state index contributed by atoms with van der Waals surface area (Å²) in [6.45, 7) is 0.524. The Morgan fingerprint density at radius 2 is 1.97 bits per heavy atom. The molecular weight excluding hydrogens is 412 g/mol. The molecule has 5 rings (SSSR count). The third-order valence-corrected chi connectivity index (χ3v) is 7.69. The number of benzene rings is 1. The molecule has 0 atom stereocenters. The first-order valence-electron chi connectivity index (χ1n) is 9.91. The number of fused-ring (bicyclic) bond motifs is 1. The number of nitrogens with zero attached hydrogens (tertiary/aromatic N) is 4. The maximum atomic E-state index is 13.6. The molecule has 152 valence electrons. The summed E-state index contributed by atoms with van der Waals surface area (Å²) in [4.78, 5) is 16.7. The molecule has 0 radical (unpaired) electrons. The van der Waals surface area contributed by atoms with Crippen LogP contribution in [0.5, 0.6) is 0 Å². The highest BCUT2D eigenvalue weighted by molar-refractivity contribution is 7.98. The zero-order chi connectivity index (χ0) is 20.5. The fraction of sp³-hybridized carbons (Fsp3) is 0.217. The van der Waals surface area contributed by atoms with Crippen LogP contribution >= 0.6 is 23.1 Å². The number of amides is 1. The second-order valence-corrected chi connectivity index (χ2v) is 9.56. The van der Waals surface area contributed by atoms with E-state index in [1.54, 1.807) is 11.3 Å². The SMILES string of the molecule is CN(Cc1cnn(-c2ccccc2)c1)C(=O)c1c(-n2cccc2)sc2c1CCSC2. The third-order valence-electron chi connectivity index (χ3n) is 5.28. The van der Waals surface area contributed by atoms with Gasteiger partial charge in [0.15, 0.2) is 0 Å². The Balaban J connectivity index is 1.42. The lowest BCUT2D eigenvalue weighted by atomic mass is 10.1. The Kier molecular flexibility index (Phi) is 5.23. The number of aromatic nitrogens is 3. The van der Waals surface area contributed by atoms with Crippen molar-refractivity contribution in [2.45, 2.75) is 18.7 Å². The van der Waals surface area contributed by atoms with Crippen molar-refractivity contribution in [3.8, 4) is 10.7 Å². The van der Waals surface area contributed by atoms with E-state index in [2.05, 4.69) is 9.67 Å². The highest BCUT2D eigenvalue weighted by Crippen LogP contribution is 2.39. The van der Waals surface area contributed by atoms with Gasteiger partial charge in [0.1, 0.15) is 5.00 Å². The Hall–Kier alpha value is -2.77. The van der Waals surface area contributed by atoms with Gasteiger partial charge in [0.05, 0.1) is 17.4 Å². The van der Waals surface area contributed by atoms with E-state index in [1.165, 1.54) is 10.4 Å². The molecule has 30 heavy (non-hydrogen) atoms. The largest absolute Gasteiger partial charge is 0.337 e. The van der Waals surface area contributed by atoms with Crippen LogP contribution in [0.25, 0.3) is 10.7 Å². The summed E-state index contributed by atoms with van der Waals surface area (Å²) in [5, 5.41) is 5.50. The average Bonchev–Trinajstić information content (AvgIpc) is 3.53. The summed E-state index contributed by atoms with van der Waals surface area (Å²) in [7, 11) is 1.88. The molecular formula is C23H22N4OS2. The molecule has 3 aromatic heterocycles. The minimum absolute atomic E-state index is 0.0792. The van der Waals surface area contributed by atoms with Crippen LogP contribution in [0, 0.1) is 0 Å². The van der Waals surface area contributed by atoms with Crippen LogP contribution in [0.3, 0.4) is 0 Å². The molecule has 0 saturated heterocycles. The van der Waals surface area contributed by atoms with E-state index in [4.69, 9.17) is 0 Å². The van der Waals surface area contributed by atoms with Crippen molar-refractivity contribution in [3.05, 3.63) is 88.8 Å². The van der Waals surface area contributed by atoms with Gasteiger partial charge in [0, 0.05) is 48.4 Å². The summed E-state index contributed by atoms with van der Waals surface area (Å²) in [6.07, 6.45) is 8.82. The monoisotopic (exact) mass is 434 g/mol. The van der Waals surface area contributed by atoms with Gasteiger partial charge < -0.3 is 9.47 Å². The van der Waals surface area contributed by atoms with Crippen molar-refractivity contribution in [1.29, 1.82) is 0 Å². The van der Waals surface area contributed by atoms with Gasteiger partial charge in [-0.05, 0) is 42.0 Å². The summed E-state index contributed by atoms with van der Waals surface area (Å²) in [5.74, 6) is 2.15. The maximum Gasteiger partial charge on any atom is 0.257 e. The number of thiophene rings is 1. The van der Waals surface area contributed by atoms with E-state index in [-0.39, 0.29) is 5.91 Å². The molecule has 0 fully saturated rings. The van der Waals surface area contributed by atoms with Crippen molar-refractivity contribution in [2.24, 2.45) is 0 Å². The van der Waals surface area contributed by atoms with E-state index < -0.39 is 0 Å². The highest BCUT2D eigenvalue weighted by atomic mass is 32.2. The van der Waals surface area contributed by atoms with E-state index in [0.717, 1.165) is 39.7 Å². The molecule has 5 nitrogen and oxygen atoms in total. The van der Waals surface area contributed by atoms with Crippen molar-refractivity contribution in [1.82, 2.24) is 19.2 Å². The van der Waals surface area contributed by atoms with Crippen LogP contribution in [0.1, 0.15) is 26.4 Å². The number of carbonyl (C=O) groups is 1. The number of rotatable bonds is 5. The number of thioether (sulfide) groups is 1. The lowest BCUT2D eigenvalue weighted by molar-refractivity contribution is 0.0784. The van der Waals surface area contributed by atoms with Gasteiger partial charge in [-0.15, -0.1) is 11.3 Å². The second-order valence-electron chi connectivity index (χ2n) is 7.37. The van der Waals surface area contributed by atoms with Crippen molar-refractivity contribution >= 4 is 29.0 Å². The summed E-state index contributed by atoms with van der Waals surface area (Å²) < 4.78 is 3.92. The van der Waals surface area contributed by atoms with E-state index in [0.29, 0.717) is 6.54 Å². The van der Waals surface area contributed by atoms with Crippen LogP contribution in [-0.2, 0) is 18.7 Å². The molecule has 1 aliphatic rings. The molecule has 1 aliphatic heterocycles. The highest BCUT2D eigenvalue weighted by Gasteiger charge is 2.28. The summed E-state index contributed by atoms with van der Waals surface area (Å²) >= 11 is 3.70. The molecule has 0 unspecified atom stereocenters. The van der Waals surface area contributed by atoms with Gasteiger partial charge >= 0.3 is 0 Å². The van der Waals surface area contributed by atoms with E-state index in [1.807, 2.05) is 95.6 Å². The quantitative estimate of drug-likeness (QED) is 0.454. The molecule has 1 amide bonds. The first-order chi connectivity index (χ1) is 14.7. The maximum absolute atomic E-state index is 13.6. The predicted octanol–water partition coefficient (Wildman–Crippen LogP) is 4.79. The molecule has 0 aliphatic carbocycles. The predicted molar refractivity (Wildman–Crippen MR) is 123 cm³/mol. The van der Waals surface area contributed by atoms with Crippen LogP contribution in [0.15, 0.2) is 67.3 Å². The van der Waals surface area contributed by atoms with Crippen LogP contribution in [0.2, 0.25) is 0 Å². The van der Waals surface area contributed by atoms with Gasteiger partial charge in [-0.2, -0.15) is 16.9 Å². The molecule has 4 aromatic rings. The Morgan fingerprint density at radius 1 is 1.17 bits per heavy atom. The first kappa shape index (κ1) is 19.2. The van der Waals surface area contributed by atoms with Gasteiger partial charge in [0.25, 0.3) is 5.91 Å². The minimum Gasteiger partial charge on any atom is -0.337 e. The molecule has 0 bridgehead atoms. The summed E-state index contributed by atoms with van der Waals surface area (Å²) in [5.41, 5.74) is 4.12. The van der Waals surface area contributed by atoms with Crippen molar-refractivity contribution in [3.63, 3.8) is 0 Å². The topological polar surface area (TPSA) is 43.1 Å². The molecule has 4 heterocycles. The third kappa shape index (κ3) is 3.59. The average molecular weight is 435 g/mol. The standard InChI is InChI=1S/C23H22N4OS2/c1-25(14-17-13-24-27(15-17)18-7-3-2-4-8-18)22(28)21-19-9-12-29-16-20(19)30-23(21)26-10-5-6-11-26/h2-8,10-11,13,15H,9,12,14,16H2,1H3. The minimum atomic E-state index is 0.0792. The normalized spacial score (nSPS) is 13.2. The fourth-order valence-electron chi connectivity index (χ4n) is 3.79. The van der Waals surface area contributed by atoms with Gasteiger partial charge in [-0.3, -0.25) is 4.79 Å². The Morgan fingerprint density at radius 3 is 2.77 bits per heavy atom. The number of hydrogen-bond acceptors (Lipinski definition) is 4.